The second-order valence-corrected chi connectivity index (χ2v) is 8.96. The molecule has 3 nitrogen and oxygen atoms in total. The van der Waals surface area contributed by atoms with Gasteiger partial charge in [-0.1, -0.05) is 54.6 Å². The third-order valence-corrected chi connectivity index (χ3v) is 6.97. The second-order valence-electron chi connectivity index (χ2n) is 8.01. The largest absolute Gasteiger partial charge is 0.295 e. The molecule has 0 N–H and O–H groups in total. The van der Waals surface area contributed by atoms with Gasteiger partial charge in [0, 0.05) is 36.6 Å². The Morgan fingerprint density at radius 2 is 1.79 bits per heavy atom. The van der Waals surface area contributed by atoms with Gasteiger partial charge in [-0.3, -0.25) is 9.80 Å². The van der Waals surface area contributed by atoms with Crippen LogP contribution in [0.1, 0.15) is 29.0 Å². The molecule has 1 aromatic heterocycles. The highest BCUT2D eigenvalue weighted by molar-refractivity contribution is 7.09. The summed E-state index contributed by atoms with van der Waals surface area (Å²) < 4.78 is 0. The Balaban J connectivity index is 1.23. The summed E-state index contributed by atoms with van der Waals surface area (Å²) in [5.41, 5.74) is 5.40. The maximum Gasteiger partial charge on any atom is 0.107 e. The first kappa shape index (κ1) is 18.0. The smallest absolute Gasteiger partial charge is 0.107 e. The van der Waals surface area contributed by atoms with Gasteiger partial charge in [0.1, 0.15) is 5.01 Å². The summed E-state index contributed by atoms with van der Waals surface area (Å²) in [5, 5.41) is 3.44. The van der Waals surface area contributed by atoms with Crippen molar-refractivity contribution in [3.05, 3.63) is 76.1 Å². The molecule has 0 bridgehead atoms. The standard InChI is InChI=1S/C24H27N3S/c1-2-8-20(9-3-1)23-18-28-24(25-23)17-26-13-6-11-22(16-26)27-14-12-19-7-4-5-10-21(19)15-27/h1-5,7-10,18,22H,6,11-17H2. The molecule has 0 saturated carbocycles. The molecular weight excluding hydrogens is 362 g/mol. The molecule has 2 aliphatic rings. The highest BCUT2D eigenvalue weighted by Gasteiger charge is 2.28. The van der Waals surface area contributed by atoms with Gasteiger partial charge in [-0.05, 0) is 36.9 Å². The number of hydrogen-bond donors (Lipinski definition) is 0. The number of piperidine rings is 1. The third-order valence-electron chi connectivity index (χ3n) is 6.14. The highest BCUT2D eigenvalue weighted by Crippen LogP contribution is 2.27. The lowest BCUT2D eigenvalue weighted by atomic mass is 9.96. The van der Waals surface area contributed by atoms with Gasteiger partial charge in [-0.2, -0.15) is 0 Å². The first-order chi connectivity index (χ1) is 13.8. The number of aromatic nitrogens is 1. The maximum absolute atomic E-state index is 4.91. The van der Waals surface area contributed by atoms with E-state index in [1.807, 2.05) is 0 Å². The van der Waals surface area contributed by atoms with Gasteiger partial charge in [0.05, 0.1) is 12.2 Å². The average molecular weight is 390 g/mol. The minimum atomic E-state index is 0.677. The molecule has 1 saturated heterocycles. The van der Waals surface area contributed by atoms with Crippen LogP contribution in [0, 0.1) is 0 Å². The van der Waals surface area contributed by atoms with Gasteiger partial charge in [0.25, 0.3) is 0 Å². The normalized spacial score (nSPS) is 20.8. The summed E-state index contributed by atoms with van der Waals surface area (Å²) in [5.74, 6) is 0. The fraction of sp³-hybridized carbons (Fsp3) is 0.375. The van der Waals surface area contributed by atoms with E-state index in [4.69, 9.17) is 4.98 Å². The van der Waals surface area contributed by atoms with Crippen LogP contribution < -0.4 is 0 Å². The molecule has 144 valence electrons. The molecule has 1 atom stereocenters. The van der Waals surface area contributed by atoms with E-state index < -0.39 is 0 Å². The van der Waals surface area contributed by atoms with Crippen molar-refractivity contribution in [2.24, 2.45) is 0 Å². The van der Waals surface area contributed by atoms with Gasteiger partial charge in [-0.15, -0.1) is 11.3 Å². The second kappa shape index (κ2) is 8.16. The molecule has 1 fully saturated rings. The van der Waals surface area contributed by atoms with E-state index in [9.17, 15) is 0 Å². The third kappa shape index (κ3) is 3.90. The van der Waals surface area contributed by atoms with Gasteiger partial charge in [0.15, 0.2) is 0 Å². The van der Waals surface area contributed by atoms with E-state index in [1.165, 1.54) is 55.0 Å². The van der Waals surface area contributed by atoms with E-state index in [0.717, 1.165) is 18.8 Å². The Hall–Kier alpha value is -2.01. The van der Waals surface area contributed by atoms with Crippen molar-refractivity contribution in [2.45, 2.75) is 38.4 Å². The topological polar surface area (TPSA) is 19.4 Å². The molecule has 0 amide bonds. The van der Waals surface area contributed by atoms with E-state index in [1.54, 1.807) is 16.9 Å². The summed E-state index contributed by atoms with van der Waals surface area (Å²) in [4.78, 5) is 10.2. The van der Waals surface area contributed by atoms with Crippen LogP contribution in [-0.4, -0.2) is 40.5 Å². The van der Waals surface area contributed by atoms with Crippen molar-refractivity contribution in [3.63, 3.8) is 0 Å². The molecule has 3 aromatic rings. The van der Waals surface area contributed by atoms with Crippen LogP contribution in [0.2, 0.25) is 0 Å². The number of fused-ring (bicyclic) bond motifs is 1. The van der Waals surface area contributed by atoms with E-state index >= 15 is 0 Å². The van der Waals surface area contributed by atoms with Crippen LogP contribution in [0.5, 0.6) is 0 Å². The first-order valence-electron chi connectivity index (χ1n) is 10.4. The minimum absolute atomic E-state index is 0.677. The molecule has 2 aliphatic heterocycles. The van der Waals surface area contributed by atoms with Crippen molar-refractivity contribution in [1.29, 1.82) is 0 Å². The molecule has 3 heterocycles. The lowest BCUT2D eigenvalue weighted by Crippen LogP contribution is -2.49. The Kier molecular flexibility index (Phi) is 5.26. The summed E-state index contributed by atoms with van der Waals surface area (Å²) in [6.45, 7) is 5.66. The molecule has 0 radical (unpaired) electrons. The van der Waals surface area contributed by atoms with Gasteiger partial charge in [-0.25, -0.2) is 4.98 Å². The molecule has 0 spiro atoms. The predicted molar refractivity (Wildman–Crippen MR) is 116 cm³/mol. The number of likely N-dealkylation sites (tertiary alicyclic amines) is 1. The van der Waals surface area contributed by atoms with Gasteiger partial charge >= 0.3 is 0 Å². The van der Waals surface area contributed by atoms with E-state index in [0.29, 0.717) is 6.04 Å². The Morgan fingerprint density at radius 3 is 2.68 bits per heavy atom. The first-order valence-corrected chi connectivity index (χ1v) is 11.3. The van der Waals surface area contributed by atoms with Crippen molar-refractivity contribution in [1.82, 2.24) is 14.8 Å². The zero-order valence-corrected chi connectivity index (χ0v) is 17.1. The molecule has 5 rings (SSSR count). The van der Waals surface area contributed by atoms with Crippen LogP contribution in [0.25, 0.3) is 11.3 Å². The SMILES string of the molecule is c1ccc(-c2csc(CN3CCCC(N4CCc5ccccc5C4)C3)n2)cc1. The summed E-state index contributed by atoms with van der Waals surface area (Å²) in [6.07, 6.45) is 3.81. The lowest BCUT2D eigenvalue weighted by Gasteiger charge is -2.41. The summed E-state index contributed by atoms with van der Waals surface area (Å²) in [7, 11) is 0. The molecule has 0 aliphatic carbocycles. The molecular formula is C24H27N3S. The van der Waals surface area contributed by atoms with Crippen molar-refractivity contribution >= 4 is 11.3 Å². The van der Waals surface area contributed by atoms with E-state index in [2.05, 4.69) is 69.8 Å². The van der Waals surface area contributed by atoms with Crippen molar-refractivity contribution in [2.75, 3.05) is 19.6 Å². The molecule has 2 aromatic carbocycles. The van der Waals surface area contributed by atoms with Gasteiger partial charge in [0.2, 0.25) is 0 Å². The average Bonchev–Trinajstić information content (AvgIpc) is 3.23. The number of nitrogens with zero attached hydrogens (tertiary/aromatic N) is 3. The van der Waals surface area contributed by atoms with E-state index in [-0.39, 0.29) is 0 Å². The van der Waals surface area contributed by atoms with Crippen LogP contribution >= 0.6 is 11.3 Å². The van der Waals surface area contributed by atoms with Crippen LogP contribution in [0.3, 0.4) is 0 Å². The number of hydrogen-bond acceptors (Lipinski definition) is 4. The highest BCUT2D eigenvalue weighted by atomic mass is 32.1. The van der Waals surface area contributed by atoms with Crippen LogP contribution in [0.4, 0.5) is 0 Å². The quantitative estimate of drug-likeness (QED) is 0.637. The van der Waals surface area contributed by atoms with Gasteiger partial charge < -0.3 is 0 Å². The maximum atomic E-state index is 4.91. The monoisotopic (exact) mass is 389 g/mol. The number of benzene rings is 2. The molecule has 1 unspecified atom stereocenters. The Labute approximate surface area is 171 Å². The Morgan fingerprint density at radius 1 is 0.964 bits per heavy atom. The summed E-state index contributed by atoms with van der Waals surface area (Å²) >= 11 is 1.80. The number of thiazole rings is 1. The Bertz CT molecular complexity index is 920. The zero-order valence-electron chi connectivity index (χ0n) is 16.3. The fourth-order valence-electron chi connectivity index (χ4n) is 4.62. The molecule has 4 heteroatoms. The van der Waals surface area contributed by atoms with Crippen molar-refractivity contribution < 1.29 is 0 Å². The predicted octanol–water partition coefficient (Wildman–Crippen LogP) is 4.83. The lowest BCUT2D eigenvalue weighted by molar-refractivity contribution is 0.0838. The zero-order chi connectivity index (χ0) is 18.8. The fourth-order valence-corrected chi connectivity index (χ4v) is 5.46. The van der Waals surface area contributed by atoms with Crippen LogP contribution in [-0.2, 0) is 19.5 Å². The van der Waals surface area contributed by atoms with Crippen LogP contribution in [0.15, 0.2) is 60.0 Å². The number of rotatable bonds is 4. The van der Waals surface area contributed by atoms with Crippen molar-refractivity contribution in [3.8, 4) is 11.3 Å². The summed E-state index contributed by atoms with van der Waals surface area (Å²) in [6, 6.07) is 20.2. The minimum Gasteiger partial charge on any atom is -0.295 e. The molecule has 28 heavy (non-hydrogen) atoms.